The fraction of sp³-hybridized carbons (Fsp3) is 0.444. The number of carbonyl (C=O) groups excluding carboxylic acids is 1. The minimum Gasteiger partial charge on any atom is -0.481 e. The van der Waals surface area contributed by atoms with Gasteiger partial charge in [0.05, 0.1) is 6.42 Å². The predicted molar refractivity (Wildman–Crippen MR) is 88.5 cm³/mol. The molecular weight excluding hydrogens is 278 g/mol. The van der Waals surface area contributed by atoms with E-state index >= 15 is 0 Å². The predicted octanol–water partition coefficient (Wildman–Crippen LogP) is 3.36. The van der Waals surface area contributed by atoms with E-state index in [0.717, 1.165) is 12.0 Å². The minimum atomic E-state index is -0.884. The van der Waals surface area contributed by atoms with Crippen molar-refractivity contribution in [3.8, 4) is 0 Å². The Hall–Kier alpha value is -2.10. The van der Waals surface area contributed by atoms with Gasteiger partial charge >= 0.3 is 5.97 Å². The van der Waals surface area contributed by atoms with E-state index in [4.69, 9.17) is 5.11 Å². The summed E-state index contributed by atoms with van der Waals surface area (Å²) in [7, 11) is 0. The molecule has 0 atom stereocenters. The average molecular weight is 303 g/mol. The van der Waals surface area contributed by atoms with Crippen LogP contribution in [0.2, 0.25) is 0 Å². The van der Waals surface area contributed by atoms with Crippen LogP contribution in [0.25, 0.3) is 6.08 Å². The van der Waals surface area contributed by atoms with Gasteiger partial charge < -0.3 is 10.0 Å². The van der Waals surface area contributed by atoms with Crippen molar-refractivity contribution in [2.24, 2.45) is 5.92 Å². The van der Waals surface area contributed by atoms with Crippen LogP contribution >= 0.6 is 0 Å². The number of carbonyl (C=O) groups is 2. The second-order valence-corrected chi connectivity index (χ2v) is 5.90. The molecule has 4 nitrogen and oxygen atoms in total. The van der Waals surface area contributed by atoms with Gasteiger partial charge in [-0.1, -0.05) is 43.7 Å². The molecule has 22 heavy (non-hydrogen) atoms. The third-order valence-electron chi connectivity index (χ3n) is 3.38. The number of rotatable bonds is 8. The van der Waals surface area contributed by atoms with Gasteiger partial charge in [-0.2, -0.15) is 0 Å². The van der Waals surface area contributed by atoms with Crippen LogP contribution in [0.3, 0.4) is 0 Å². The molecule has 1 aromatic carbocycles. The summed E-state index contributed by atoms with van der Waals surface area (Å²) in [6.45, 7) is 7.02. The van der Waals surface area contributed by atoms with Crippen molar-refractivity contribution < 1.29 is 14.7 Å². The Morgan fingerprint density at radius 3 is 2.36 bits per heavy atom. The smallest absolute Gasteiger partial charge is 0.305 e. The summed E-state index contributed by atoms with van der Waals surface area (Å²) in [5, 5.41) is 8.80. The van der Waals surface area contributed by atoms with Crippen LogP contribution in [0.4, 0.5) is 0 Å². The molecule has 1 N–H and O–H groups in total. The van der Waals surface area contributed by atoms with Crippen molar-refractivity contribution in [3.05, 3.63) is 41.5 Å². The molecule has 0 aliphatic heterocycles. The summed E-state index contributed by atoms with van der Waals surface area (Å²) >= 11 is 0. The Kier molecular flexibility index (Phi) is 7.37. The Bertz CT molecular complexity index is 518. The van der Waals surface area contributed by atoms with Crippen molar-refractivity contribution in [2.45, 2.75) is 33.6 Å². The Labute approximate surface area is 132 Å². The number of benzene rings is 1. The van der Waals surface area contributed by atoms with Gasteiger partial charge in [-0.25, -0.2) is 0 Å². The zero-order chi connectivity index (χ0) is 16.5. The van der Waals surface area contributed by atoms with Gasteiger partial charge in [0, 0.05) is 19.2 Å². The number of carboxylic acids is 1. The molecule has 0 saturated carbocycles. The molecule has 0 fully saturated rings. The molecule has 0 spiro atoms. The Morgan fingerprint density at radius 2 is 1.82 bits per heavy atom. The number of hydrogen-bond donors (Lipinski definition) is 1. The first-order valence-electron chi connectivity index (χ1n) is 7.64. The molecule has 4 heteroatoms. The molecule has 0 aliphatic rings. The summed E-state index contributed by atoms with van der Waals surface area (Å²) in [5.41, 5.74) is 2.13. The molecule has 120 valence electrons. The Morgan fingerprint density at radius 1 is 1.18 bits per heavy atom. The number of amides is 1. The summed E-state index contributed by atoms with van der Waals surface area (Å²) in [5.74, 6) is -0.548. The molecule has 0 aromatic heterocycles. The van der Waals surface area contributed by atoms with Gasteiger partial charge in [0.15, 0.2) is 0 Å². The van der Waals surface area contributed by atoms with E-state index in [1.807, 2.05) is 31.2 Å². The fourth-order valence-electron chi connectivity index (χ4n) is 1.93. The van der Waals surface area contributed by atoms with Gasteiger partial charge in [-0.3, -0.25) is 9.59 Å². The molecule has 0 aliphatic carbocycles. The molecule has 0 unspecified atom stereocenters. The topological polar surface area (TPSA) is 57.6 Å². The van der Waals surface area contributed by atoms with Crippen molar-refractivity contribution in [1.29, 1.82) is 0 Å². The van der Waals surface area contributed by atoms with E-state index in [1.54, 1.807) is 11.0 Å². The van der Waals surface area contributed by atoms with Crippen LogP contribution in [-0.4, -0.2) is 35.0 Å². The van der Waals surface area contributed by atoms with E-state index in [2.05, 4.69) is 13.8 Å². The third-order valence-corrected chi connectivity index (χ3v) is 3.38. The van der Waals surface area contributed by atoms with Crippen LogP contribution in [-0.2, 0) is 9.59 Å². The normalized spacial score (nSPS) is 11.1. The first kappa shape index (κ1) is 18.0. The second-order valence-electron chi connectivity index (χ2n) is 5.90. The van der Waals surface area contributed by atoms with Gasteiger partial charge in [-0.15, -0.1) is 0 Å². The van der Waals surface area contributed by atoms with Crippen molar-refractivity contribution in [2.75, 3.05) is 13.1 Å². The van der Waals surface area contributed by atoms with Crippen LogP contribution < -0.4 is 0 Å². The average Bonchev–Trinajstić information content (AvgIpc) is 2.46. The van der Waals surface area contributed by atoms with Crippen molar-refractivity contribution in [1.82, 2.24) is 4.90 Å². The van der Waals surface area contributed by atoms with E-state index in [0.29, 0.717) is 12.5 Å². The van der Waals surface area contributed by atoms with E-state index < -0.39 is 5.97 Å². The van der Waals surface area contributed by atoms with Crippen LogP contribution in [0.5, 0.6) is 0 Å². The minimum absolute atomic E-state index is 0.0256. The monoisotopic (exact) mass is 303 g/mol. The van der Waals surface area contributed by atoms with Crippen LogP contribution in [0.1, 0.15) is 37.8 Å². The zero-order valence-corrected chi connectivity index (χ0v) is 13.6. The second kappa shape index (κ2) is 9.03. The summed E-state index contributed by atoms with van der Waals surface area (Å²) in [4.78, 5) is 24.6. The lowest BCUT2D eigenvalue weighted by Gasteiger charge is -2.21. The number of aryl methyl sites for hydroxylation is 1. The van der Waals surface area contributed by atoms with Gasteiger partial charge in [0.2, 0.25) is 5.91 Å². The lowest BCUT2D eigenvalue weighted by molar-refractivity contribution is -0.138. The summed E-state index contributed by atoms with van der Waals surface area (Å²) < 4.78 is 0. The maximum absolute atomic E-state index is 12.3. The maximum atomic E-state index is 12.3. The van der Waals surface area contributed by atoms with Gasteiger partial charge in [-0.05, 0) is 30.9 Å². The fourth-order valence-corrected chi connectivity index (χ4v) is 1.93. The van der Waals surface area contributed by atoms with Gasteiger partial charge in [0.1, 0.15) is 0 Å². The molecular formula is C18H25NO3. The number of aliphatic carboxylic acids is 1. The molecule has 1 amide bonds. The highest BCUT2D eigenvalue weighted by molar-refractivity contribution is 5.92. The highest BCUT2D eigenvalue weighted by Crippen LogP contribution is 2.07. The molecule has 0 saturated heterocycles. The lowest BCUT2D eigenvalue weighted by atomic mass is 10.1. The maximum Gasteiger partial charge on any atom is 0.305 e. The largest absolute Gasteiger partial charge is 0.481 e. The van der Waals surface area contributed by atoms with E-state index in [9.17, 15) is 9.59 Å². The molecule has 0 radical (unpaired) electrons. The van der Waals surface area contributed by atoms with Crippen molar-refractivity contribution in [3.63, 3.8) is 0 Å². The number of nitrogens with zero attached hydrogens (tertiary/aromatic N) is 1. The first-order chi connectivity index (χ1) is 10.4. The summed E-state index contributed by atoms with van der Waals surface area (Å²) in [6.07, 6.45) is 4.13. The highest BCUT2D eigenvalue weighted by Gasteiger charge is 2.12. The van der Waals surface area contributed by atoms with Crippen molar-refractivity contribution >= 4 is 18.0 Å². The zero-order valence-electron chi connectivity index (χ0n) is 13.6. The van der Waals surface area contributed by atoms with E-state index in [-0.39, 0.29) is 18.9 Å². The molecule has 1 rings (SSSR count). The Balaban J connectivity index is 2.68. The molecule has 0 heterocycles. The lowest BCUT2D eigenvalue weighted by Crippen LogP contribution is -2.33. The standard InChI is InChI=1S/C18H25NO3/c1-14(2)10-12-19(13-11-18(21)22)17(20)9-8-16-6-4-15(3)5-7-16/h4-9,14H,10-13H2,1-3H3,(H,21,22)/b9-8+. The van der Waals surface area contributed by atoms with Crippen LogP contribution in [0.15, 0.2) is 30.3 Å². The first-order valence-corrected chi connectivity index (χ1v) is 7.64. The van der Waals surface area contributed by atoms with E-state index in [1.165, 1.54) is 11.6 Å². The third kappa shape index (κ3) is 7.07. The highest BCUT2D eigenvalue weighted by atomic mass is 16.4. The molecule has 1 aromatic rings. The summed E-state index contributed by atoms with van der Waals surface area (Å²) in [6, 6.07) is 7.89. The SMILES string of the molecule is Cc1ccc(/C=C/C(=O)N(CCC(=O)O)CCC(C)C)cc1. The van der Waals surface area contributed by atoms with Crippen LogP contribution in [0, 0.1) is 12.8 Å². The van der Waals surface area contributed by atoms with Gasteiger partial charge in [0.25, 0.3) is 0 Å². The quantitative estimate of drug-likeness (QED) is 0.749. The number of hydrogen-bond acceptors (Lipinski definition) is 2. The molecule has 0 bridgehead atoms. The number of carboxylic acid groups (broad SMARTS) is 1.